The maximum atomic E-state index is 13.0. The SMILES string of the molecule is O=C(O)c1nnn(CC2CC2)c1-c1ccc(F)cc1. The van der Waals surface area contributed by atoms with Crippen LogP contribution in [0.2, 0.25) is 0 Å². The standard InChI is InChI=1S/C13H12FN3O2/c14-10-5-3-9(4-6-10)12-11(13(18)19)15-16-17(12)7-8-1-2-8/h3-6,8H,1-2,7H2,(H,18,19). The van der Waals surface area contributed by atoms with Gasteiger partial charge in [0.25, 0.3) is 0 Å². The molecule has 19 heavy (non-hydrogen) atoms. The molecule has 0 saturated heterocycles. The Hall–Kier alpha value is -2.24. The Morgan fingerprint density at radius 1 is 1.37 bits per heavy atom. The summed E-state index contributed by atoms with van der Waals surface area (Å²) in [5.41, 5.74) is 0.969. The van der Waals surface area contributed by atoms with E-state index in [1.807, 2.05) is 0 Å². The van der Waals surface area contributed by atoms with Gasteiger partial charge >= 0.3 is 5.97 Å². The Morgan fingerprint density at radius 3 is 2.63 bits per heavy atom. The van der Waals surface area contributed by atoms with Gasteiger partial charge in [0.05, 0.1) is 0 Å². The monoisotopic (exact) mass is 261 g/mol. The lowest BCUT2D eigenvalue weighted by molar-refractivity contribution is 0.0691. The minimum absolute atomic E-state index is 0.0905. The van der Waals surface area contributed by atoms with Crippen LogP contribution in [0.25, 0.3) is 11.3 Å². The Bertz CT molecular complexity index is 617. The third-order valence-electron chi connectivity index (χ3n) is 3.18. The summed E-state index contributed by atoms with van der Waals surface area (Å²) in [6.45, 7) is 0.660. The molecule has 1 aliphatic rings. The molecule has 2 aromatic rings. The number of rotatable bonds is 4. The molecule has 0 unspecified atom stereocenters. The lowest BCUT2D eigenvalue weighted by Gasteiger charge is -2.06. The van der Waals surface area contributed by atoms with E-state index in [1.165, 1.54) is 12.1 Å². The van der Waals surface area contributed by atoms with Gasteiger partial charge in [-0.2, -0.15) is 0 Å². The topological polar surface area (TPSA) is 68.0 Å². The van der Waals surface area contributed by atoms with Gasteiger partial charge in [-0.15, -0.1) is 5.10 Å². The molecule has 0 radical (unpaired) electrons. The number of aromatic nitrogens is 3. The number of hydrogen-bond acceptors (Lipinski definition) is 3. The van der Waals surface area contributed by atoms with Gasteiger partial charge in [-0.25, -0.2) is 13.9 Å². The average Bonchev–Trinajstić information content (AvgIpc) is 3.08. The summed E-state index contributed by atoms with van der Waals surface area (Å²) in [4.78, 5) is 11.2. The number of carbonyl (C=O) groups is 1. The first-order valence-corrected chi connectivity index (χ1v) is 6.08. The molecule has 6 heteroatoms. The fraction of sp³-hybridized carbons (Fsp3) is 0.308. The second-order valence-corrected chi connectivity index (χ2v) is 4.72. The van der Waals surface area contributed by atoms with Crippen LogP contribution in [0.4, 0.5) is 4.39 Å². The van der Waals surface area contributed by atoms with Crippen molar-refractivity contribution in [1.82, 2.24) is 15.0 Å². The van der Waals surface area contributed by atoms with Crippen molar-refractivity contribution in [1.29, 1.82) is 0 Å². The van der Waals surface area contributed by atoms with E-state index in [0.717, 1.165) is 12.8 Å². The first kappa shape index (κ1) is 11.8. The summed E-state index contributed by atoms with van der Waals surface area (Å²) in [6, 6.07) is 5.69. The third kappa shape index (κ3) is 2.33. The van der Waals surface area contributed by atoms with Gasteiger partial charge in [-0.05, 0) is 43.0 Å². The second-order valence-electron chi connectivity index (χ2n) is 4.72. The zero-order valence-electron chi connectivity index (χ0n) is 10.1. The van der Waals surface area contributed by atoms with Crippen molar-refractivity contribution in [2.45, 2.75) is 19.4 Å². The lowest BCUT2D eigenvalue weighted by atomic mass is 10.1. The minimum atomic E-state index is -1.12. The van der Waals surface area contributed by atoms with Crippen molar-refractivity contribution >= 4 is 5.97 Å². The lowest BCUT2D eigenvalue weighted by Crippen LogP contribution is -2.06. The molecule has 1 saturated carbocycles. The number of halogens is 1. The maximum absolute atomic E-state index is 13.0. The highest BCUT2D eigenvalue weighted by Gasteiger charge is 2.27. The zero-order chi connectivity index (χ0) is 13.4. The number of aromatic carboxylic acids is 1. The predicted octanol–water partition coefficient (Wildman–Crippen LogP) is 2.19. The molecule has 0 atom stereocenters. The Balaban J connectivity index is 2.06. The van der Waals surface area contributed by atoms with E-state index in [-0.39, 0.29) is 11.5 Å². The molecule has 0 aliphatic heterocycles. The fourth-order valence-electron chi connectivity index (χ4n) is 2.02. The normalized spacial score (nSPS) is 14.6. The summed E-state index contributed by atoms with van der Waals surface area (Å²) in [5.74, 6) is -0.939. The first-order chi connectivity index (χ1) is 9.15. The van der Waals surface area contributed by atoms with Crippen molar-refractivity contribution in [2.75, 3.05) is 0 Å². The number of nitrogens with zero attached hydrogens (tertiary/aromatic N) is 3. The van der Waals surface area contributed by atoms with Crippen LogP contribution < -0.4 is 0 Å². The highest BCUT2D eigenvalue weighted by Crippen LogP contribution is 2.32. The van der Waals surface area contributed by atoms with Crippen LogP contribution in [0.5, 0.6) is 0 Å². The quantitative estimate of drug-likeness (QED) is 0.916. The highest BCUT2D eigenvalue weighted by molar-refractivity contribution is 5.92. The number of hydrogen-bond donors (Lipinski definition) is 1. The molecule has 0 spiro atoms. The molecule has 1 fully saturated rings. The van der Waals surface area contributed by atoms with E-state index < -0.39 is 5.97 Å². The molecule has 0 bridgehead atoms. The smallest absolute Gasteiger partial charge is 0.358 e. The first-order valence-electron chi connectivity index (χ1n) is 6.08. The van der Waals surface area contributed by atoms with E-state index >= 15 is 0 Å². The third-order valence-corrected chi connectivity index (χ3v) is 3.18. The summed E-state index contributed by atoms with van der Waals surface area (Å²) < 4.78 is 14.6. The van der Waals surface area contributed by atoms with Crippen LogP contribution >= 0.6 is 0 Å². The minimum Gasteiger partial charge on any atom is -0.476 e. The van der Waals surface area contributed by atoms with E-state index in [4.69, 9.17) is 5.11 Å². The molecule has 98 valence electrons. The van der Waals surface area contributed by atoms with Gasteiger partial charge in [0.1, 0.15) is 11.5 Å². The van der Waals surface area contributed by atoms with Crippen LogP contribution in [-0.4, -0.2) is 26.1 Å². The molecule has 3 rings (SSSR count). The Labute approximate surface area is 108 Å². The Morgan fingerprint density at radius 2 is 2.05 bits per heavy atom. The van der Waals surface area contributed by atoms with Crippen molar-refractivity contribution in [3.8, 4) is 11.3 Å². The largest absolute Gasteiger partial charge is 0.476 e. The average molecular weight is 261 g/mol. The molecular formula is C13H12FN3O2. The van der Waals surface area contributed by atoms with Gasteiger partial charge in [0.15, 0.2) is 5.69 Å². The predicted molar refractivity (Wildman–Crippen MR) is 65.1 cm³/mol. The molecule has 1 N–H and O–H groups in total. The van der Waals surface area contributed by atoms with Crippen molar-refractivity contribution in [3.05, 3.63) is 35.8 Å². The fourth-order valence-corrected chi connectivity index (χ4v) is 2.02. The molecule has 0 amide bonds. The van der Waals surface area contributed by atoms with E-state index in [0.29, 0.717) is 23.7 Å². The van der Waals surface area contributed by atoms with E-state index in [2.05, 4.69) is 10.3 Å². The zero-order valence-corrected chi connectivity index (χ0v) is 10.1. The van der Waals surface area contributed by atoms with Gasteiger partial charge < -0.3 is 5.11 Å². The van der Waals surface area contributed by atoms with Gasteiger partial charge in [0.2, 0.25) is 0 Å². The molecule has 1 aromatic carbocycles. The Kier molecular flexibility index (Phi) is 2.77. The molecule has 5 nitrogen and oxygen atoms in total. The van der Waals surface area contributed by atoms with Crippen LogP contribution in [0, 0.1) is 11.7 Å². The number of carboxylic acid groups (broad SMARTS) is 1. The molecule has 1 aromatic heterocycles. The number of carboxylic acids is 1. The van der Waals surface area contributed by atoms with Crippen molar-refractivity contribution in [2.24, 2.45) is 5.92 Å². The van der Waals surface area contributed by atoms with Crippen molar-refractivity contribution < 1.29 is 14.3 Å². The van der Waals surface area contributed by atoms with Gasteiger partial charge in [0, 0.05) is 12.1 Å². The van der Waals surface area contributed by atoms with Gasteiger partial charge in [-0.1, -0.05) is 5.21 Å². The summed E-state index contributed by atoms with van der Waals surface area (Å²) >= 11 is 0. The second kappa shape index (κ2) is 4.46. The van der Waals surface area contributed by atoms with Gasteiger partial charge in [-0.3, -0.25) is 0 Å². The van der Waals surface area contributed by atoms with Crippen LogP contribution in [0.15, 0.2) is 24.3 Å². The van der Waals surface area contributed by atoms with Crippen LogP contribution in [-0.2, 0) is 6.54 Å². The molecule has 1 aliphatic carbocycles. The van der Waals surface area contributed by atoms with Crippen LogP contribution in [0.1, 0.15) is 23.3 Å². The highest BCUT2D eigenvalue weighted by atomic mass is 19.1. The van der Waals surface area contributed by atoms with Crippen LogP contribution in [0.3, 0.4) is 0 Å². The maximum Gasteiger partial charge on any atom is 0.358 e. The summed E-state index contributed by atoms with van der Waals surface area (Å²) in [7, 11) is 0. The van der Waals surface area contributed by atoms with E-state index in [9.17, 15) is 9.18 Å². The summed E-state index contributed by atoms with van der Waals surface area (Å²) in [6.07, 6.45) is 2.26. The van der Waals surface area contributed by atoms with E-state index in [1.54, 1.807) is 16.8 Å². The number of benzene rings is 1. The molecule has 1 heterocycles. The summed E-state index contributed by atoms with van der Waals surface area (Å²) in [5, 5.41) is 16.8. The molecular weight excluding hydrogens is 249 g/mol. The van der Waals surface area contributed by atoms with Crippen molar-refractivity contribution in [3.63, 3.8) is 0 Å².